The molecule has 1 spiro atoms. The van der Waals surface area contributed by atoms with Gasteiger partial charge in [-0.05, 0) is 25.0 Å². The first-order valence-corrected chi connectivity index (χ1v) is 10.3. The molecule has 0 aromatic heterocycles. The molecule has 2 aliphatic rings. The van der Waals surface area contributed by atoms with E-state index < -0.39 is 35.8 Å². The van der Waals surface area contributed by atoms with E-state index in [-0.39, 0.29) is 30.1 Å². The summed E-state index contributed by atoms with van der Waals surface area (Å²) >= 11 is 0. The van der Waals surface area contributed by atoms with Crippen molar-refractivity contribution in [1.82, 2.24) is 15.1 Å². The van der Waals surface area contributed by atoms with Crippen molar-refractivity contribution in [3.05, 3.63) is 29.8 Å². The minimum Gasteiger partial charge on any atom is -0.370 e. The van der Waals surface area contributed by atoms with Crippen LogP contribution in [0.5, 0.6) is 0 Å². The number of urea groups is 1. The number of nitrogens with one attached hydrogen (secondary N) is 2. The molecule has 4 N–H and O–H groups in total. The van der Waals surface area contributed by atoms with Crippen LogP contribution in [0.1, 0.15) is 48.9 Å². The van der Waals surface area contributed by atoms with Crippen molar-refractivity contribution >= 4 is 35.3 Å². The Hall–Kier alpha value is -3.43. The number of para-hydroxylation sites is 1. The molecule has 10 heteroatoms. The SMILES string of the molecule is CN1C(=O)N(CC(=O)Nc2ccccc2C(=O)NCCC(N)=O)C(=O)C12CCCCC2. The Morgan fingerprint density at radius 1 is 1.10 bits per heavy atom. The molecular weight excluding hydrogens is 402 g/mol. The van der Waals surface area contributed by atoms with Crippen LogP contribution in [0.4, 0.5) is 10.5 Å². The number of imide groups is 1. The number of hydrogen-bond acceptors (Lipinski definition) is 5. The van der Waals surface area contributed by atoms with Crippen LogP contribution in [0.25, 0.3) is 0 Å². The van der Waals surface area contributed by atoms with Gasteiger partial charge in [0.05, 0.1) is 11.3 Å². The molecule has 1 saturated heterocycles. The van der Waals surface area contributed by atoms with Gasteiger partial charge in [-0.1, -0.05) is 31.4 Å². The smallest absolute Gasteiger partial charge is 0.327 e. The van der Waals surface area contributed by atoms with Crippen LogP contribution in [-0.2, 0) is 14.4 Å². The molecule has 1 aromatic carbocycles. The zero-order valence-electron chi connectivity index (χ0n) is 17.5. The van der Waals surface area contributed by atoms with Crippen molar-refractivity contribution in [2.24, 2.45) is 5.73 Å². The first kappa shape index (κ1) is 22.3. The van der Waals surface area contributed by atoms with Crippen LogP contribution in [0, 0.1) is 0 Å². The van der Waals surface area contributed by atoms with Gasteiger partial charge in [0.1, 0.15) is 12.1 Å². The molecule has 2 fully saturated rings. The molecule has 0 unspecified atom stereocenters. The van der Waals surface area contributed by atoms with Crippen molar-refractivity contribution in [1.29, 1.82) is 0 Å². The molecule has 1 aliphatic heterocycles. The van der Waals surface area contributed by atoms with Crippen molar-refractivity contribution in [2.75, 3.05) is 25.5 Å². The highest BCUT2D eigenvalue weighted by atomic mass is 16.2. The molecule has 166 valence electrons. The summed E-state index contributed by atoms with van der Waals surface area (Å²) in [5.74, 6) is -1.94. The summed E-state index contributed by atoms with van der Waals surface area (Å²) in [4.78, 5) is 64.0. The number of hydrogen-bond donors (Lipinski definition) is 3. The minimum atomic E-state index is -0.853. The normalized spacial score (nSPS) is 17.7. The molecule has 0 bridgehead atoms. The average Bonchev–Trinajstić information content (AvgIpc) is 2.90. The van der Waals surface area contributed by atoms with Crippen molar-refractivity contribution < 1.29 is 24.0 Å². The number of carbonyl (C=O) groups is 5. The molecule has 31 heavy (non-hydrogen) atoms. The molecule has 0 radical (unpaired) electrons. The Balaban J connectivity index is 1.67. The van der Waals surface area contributed by atoms with Crippen LogP contribution in [0.2, 0.25) is 0 Å². The first-order valence-electron chi connectivity index (χ1n) is 10.3. The van der Waals surface area contributed by atoms with E-state index in [2.05, 4.69) is 10.6 Å². The van der Waals surface area contributed by atoms with Gasteiger partial charge in [0.15, 0.2) is 0 Å². The molecule has 6 amide bonds. The van der Waals surface area contributed by atoms with Gasteiger partial charge in [-0.2, -0.15) is 0 Å². The summed E-state index contributed by atoms with van der Waals surface area (Å²) in [6, 6.07) is 5.86. The lowest BCUT2D eigenvalue weighted by molar-refractivity contribution is -0.136. The number of likely N-dealkylation sites (N-methyl/N-ethyl adjacent to an activating group) is 1. The number of primary amides is 1. The lowest BCUT2D eigenvalue weighted by atomic mass is 9.81. The number of nitrogens with two attached hydrogens (primary N) is 1. The zero-order chi connectivity index (χ0) is 22.6. The van der Waals surface area contributed by atoms with Crippen molar-refractivity contribution in [3.8, 4) is 0 Å². The molecule has 1 aromatic rings. The summed E-state index contributed by atoms with van der Waals surface area (Å²) < 4.78 is 0. The fourth-order valence-electron chi connectivity index (χ4n) is 4.19. The Labute approximate surface area is 180 Å². The maximum absolute atomic E-state index is 13.0. The van der Waals surface area contributed by atoms with Gasteiger partial charge >= 0.3 is 6.03 Å². The summed E-state index contributed by atoms with van der Waals surface area (Å²) in [6.45, 7) is -0.358. The van der Waals surface area contributed by atoms with Crippen LogP contribution in [0.15, 0.2) is 24.3 Å². The van der Waals surface area contributed by atoms with Gasteiger partial charge in [-0.25, -0.2) is 4.79 Å². The molecule has 1 aliphatic carbocycles. The monoisotopic (exact) mass is 429 g/mol. The maximum atomic E-state index is 13.0. The lowest BCUT2D eigenvalue weighted by Gasteiger charge is -2.35. The largest absolute Gasteiger partial charge is 0.370 e. The standard InChI is InChI=1S/C21H27N5O5/c1-25-20(31)26(19(30)21(25)10-5-2-6-11-21)13-17(28)24-15-8-4-3-7-14(15)18(29)23-12-9-16(22)27/h3-4,7-8H,2,5-6,9-13H2,1H3,(H2,22,27)(H,23,29)(H,24,28). The minimum absolute atomic E-state index is 0.00524. The Kier molecular flexibility index (Phi) is 6.57. The molecule has 3 rings (SSSR count). The van der Waals surface area contributed by atoms with Gasteiger partial charge in [0.25, 0.3) is 11.8 Å². The predicted molar refractivity (Wildman–Crippen MR) is 112 cm³/mol. The second-order valence-electron chi connectivity index (χ2n) is 7.89. The van der Waals surface area contributed by atoms with Gasteiger partial charge in [-0.15, -0.1) is 0 Å². The quantitative estimate of drug-likeness (QED) is 0.550. The van der Waals surface area contributed by atoms with Gasteiger partial charge in [0.2, 0.25) is 11.8 Å². The summed E-state index contributed by atoms with van der Waals surface area (Å²) in [7, 11) is 1.61. The number of anilines is 1. The first-order chi connectivity index (χ1) is 14.8. The maximum Gasteiger partial charge on any atom is 0.327 e. The lowest BCUT2D eigenvalue weighted by Crippen LogP contribution is -2.49. The number of amides is 6. The van der Waals surface area contributed by atoms with E-state index in [4.69, 9.17) is 5.73 Å². The van der Waals surface area contributed by atoms with E-state index >= 15 is 0 Å². The third-order valence-corrected chi connectivity index (χ3v) is 5.89. The highest BCUT2D eigenvalue weighted by molar-refractivity contribution is 6.11. The predicted octanol–water partition coefficient (Wildman–Crippen LogP) is 0.827. The van der Waals surface area contributed by atoms with E-state index in [9.17, 15) is 24.0 Å². The van der Waals surface area contributed by atoms with E-state index in [0.29, 0.717) is 12.8 Å². The third kappa shape index (κ3) is 4.52. The molecule has 10 nitrogen and oxygen atoms in total. The average molecular weight is 429 g/mol. The van der Waals surface area contributed by atoms with E-state index in [1.807, 2.05) is 0 Å². The third-order valence-electron chi connectivity index (χ3n) is 5.89. The molecule has 1 heterocycles. The van der Waals surface area contributed by atoms with Crippen molar-refractivity contribution in [2.45, 2.75) is 44.1 Å². The molecule has 0 atom stereocenters. The van der Waals surface area contributed by atoms with Crippen LogP contribution in [-0.4, -0.2) is 65.1 Å². The van der Waals surface area contributed by atoms with Crippen LogP contribution in [0.3, 0.4) is 0 Å². The van der Waals surface area contributed by atoms with Crippen LogP contribution >= 0.6 is 0 Å². The van der Waals surface area contributed by atoms with Gasteiger partial charge < -0.3 is 21.3 Å². The summed E-state index contributed by atoms with van der Waals surface area (Å²) in [5, 5.41) is 5.17. The van der Waals surface area contributed by atoms with Crippen LogP contribution < -0.4 is 16.4 Å². The molecular formula is C21H27N5O5. The Morgan fingerprint density at radius 2 is 1.77 bits per heavy atom. The summed E-state index contributed by atoms with van der Waals surface area (Å²) in [6.07, 6.45) is 3.94. The number of nitrogens with zero attached hydrogens (tertiary/aromatic N) is 2. The Bertz CT molecular complexity index is 909. The van der Waals surface area contributed by atoms with E-state index in [1.165, 1.54) is 11.0 Å². The second kappa shape index (κ2) is 9.15. The topological polar surface area (TPSA) is 142 Å². The zero-order valence-corrected chi connectivity index (χ0v) is 17.5. The Morgan fingerprint density at radius 3 is 2.45 bits per heavy atom. The van der Waals surface area contributed by atoms with Crippen molar-refractivity contribution in [3.63, 3.8) is 0 Å². The number of carbonyl (C=O) groups excluding carboxylic acids is 5. The van der Waals surface area contributed by atoms with E-state index in [0.717, 1.165) is 24.2 Å². The van der Waals surface area contributed by atoms with Gasteiger partial charge in [-0.3, -0.25) is 24.1 Å². The number of benzene rings is 1. The fourth-order valence-corrected chi connectivity index (χ4v) is 4.19. The second-order valence-corrected chi connectivity index (χ2v) is 7.89. The van der Waals surface area contributed by atoms with E-state index in [1.54, 1.807) is 25.2 Å². The van der Waals surface area contributed by atoms with Gasteiger partial charge in [0, 0.05) is 20.0 Å². The summed E-state index contributed by atoms with van der Waals surface area (Å²) in [5.41, 5.74) is 4.65. The number of rotatable bonds is 7. The highest BCUT2D eigenvalue weighted by Gasteiger charge is 2.55. The fraction of sp³-hybridized carbons (Fsp3) is 0.476. The molecule has 1 saturated carbocycles. The highest BCUT2D eigenvalue weighted by Crippen LogP contribution is 2.39.